The van der Waals surface area contributed by atoms with E-state index in [-0.39, 0.29) is 18.4 Å². The molecule has 2 aromatic rings. The lowest BCUT2D eigenvalue weighted by Gasteiger charge is -2.16. The first-order chi connectivity index (χ1) is 11.4. The van der Waals surface area contributed by atoms with Crippen molar-refractivity contribution in [3.8, 4) is 5.75 Å². The summed E-state index contributed by atoms with van der Waals surface area (Å²) in [6, 6.07) is 12.7. The van der Waals surface area contributed by atoms with Crippen molar-refractivity contribution in [3.63, 3.8) is 0 Å². The van der Waals surface area contributed by atoms with Crippen LogP contribution in [0.1, 0.15) is 12.5 Å². The number of ether oxygens (including phenoxy) is 1. The monoisotopic (exact) mass is 390 g/mol. The summed E-state index contributed by atoms with van der Waals surface area (Å²) in [5.41, 5.74) is 2.27. The van der Waals surface area contributed by atoms with Crippen LogP contribution in [0.5, 0.6) is 5.75 Å². The Labute approximate surface area is 149 Å². The van der Waals surface area contributed by atoms with Gasteiger partial charge in [0.25, 0.3) is 5.91 Å². The summed E-state index contributed by atoms with van der Waals surface area (Å²) >= 11 is 3.39. The van der Waals surface area contributed by atoms with Gasteiger partial charge in [-0.25, -0.2) is 0 Å². The predicted molar refractivity (Wildman–Crippen MR) is 98.5 cm³/mol. The summed E-state index contributed by atoms with van der Waals surface area (Å²) in [6.45, 7) is 3.31. The Morgan fingerprint density at radius 2 is 1.96 bits per heavy atom. The normalized spacial score (nSPS) is 10.2. The average molecular weight is 391 g/mol. The first-order valence-electron chi connectivity index (χ1n) is 7.40. The van der Waals surface area contributed by atoms with Crippen LogP contribution in [0.2, 0.25) is 0 Å². The standard InChI is InChI=1S/C18H19BrN2O3/c1-12-9-14(19)7-8-17(12)24-11-18(23)20-15-5-4-6-16(10-15)21(3)13(2)22/h4-10H,11H2,1-3H3,(H,20,23). The summed E-state index contributed by atoms with van der Waals surface area (Å²) in [5.74, 6) is 0.325. The number of aryl methyl sites for hydroxylation is 1. The number of anilines is 2. The van der Waals surface area contributed by atoms with Crippen molar-refractivity contribution in [1.82, 2.24) is 0 Å². The molecule has 2 amide bonds. The van der Waals surface area contributed by atoms with E-state index in [0.717, 1.165) is 10.0 Å². The molecule has 0 spiro atoms. The van der Waals surface area contributed by atoms with Crippen LogP contribution in [-0.4, -0.2) is 25.5 Å². The molecule has 0 heterocycles. The lowest BCUT2D eigenvalue weighted by Crippen LogP contribution is -2.23. The first-order valence-corrected chi connectivity index (χ1v) is 8.19. The number of rotatable bonds is 5. The molecule has 0 aliphatic heterocycles. The molecule has 2 rings (SSSR count). The van der Waals surface area contributed by atoms with Crippen LogP contribution in [-0.2, 0) is 9.59 Å². The second-order valence-electron chi connectivity index (χ2n) is 5.38. The number of nitrogens with one attached hydrogen (secondary N) is 1. The minimum atomic E-state index is -0.264. The molecule has 0 unspecified atom stereocenters. The van der Waals surface area contributed by atoms with Crippen LogP contribution >= 0.6 is 15.9 Å². The Morgan fingerprint density at radius 3 is 2.62 bits per heavy atom. The Bertz CT molecular complexity index is 762. The molecule has 126 valence electrons. The number of nitrogens with zero attached hydrogens (tertiary/aromatic N) is 1. The third-order valence-electron chi connectivity index (χ3n) is 3.49. The minimum absolute atomic E-state index is 0.0764. The van der Waals surface area contributed by atoms with E-state index in [1.807, 2.05) is 25.1 Å². The van der Waals surface area contributed by atoms with E-state index >= 15 is 0 Å². The number of benzene rings is 2. The van der Waals surface area contributed by atoms with Gasteiger partial charge in [0, 0.05) is 29.8 Å². The highest BCUT2D eigenvalue weighted by Gasteiger charge is 2.09. The van der Waals surface area contributed by atoms with Crippen molar-refractivity contribution in [2.24, 2.45) is 0 Å². The van der Waals surface area contributed by atoms with Gasteiger partial charge in [-0.3, -0.25) is 9.59 Å². The average Bonchev–Trinajstić information content (AvgIpc) is 2.53. The van der Waals surface area contributed by atoms with E-state index in [1.54, 1.807) is 31.3 Å². The maximum absolute atomic E-state index is 12.1. The number of hydrogen-bond acceptors (Lipinski definition) is 3. The van der Waals surface area contributed by atoms with Crippen molar-refractivity contribution in [1.29, 1.82) is 0 Å². The van der Waals surface area contributed by atoms with E-state index in [2.05, 4.69) is 21.2 Å². The number of carbonyl (C=O) groups excluding carboxylic acids is 2. The molecule has 0 aliphatic rings. The Balaban J connectivity index is 1.97. The van der Waals surface area contributed by atoms with E-state index < -0.39 is 0 Å². The maximum Gasteiger partial charge on any atom is 0.262 e. The Morgan fingerprint density at radius 1 is 1.21 bits per heavy atom. The summed E-state index contributed by atoms with van der Waals surface area (Å²) in [7, 11) is 1.68. The SMILES string of the molecule is CC(=O)N(C)c1cccc(NC(=O)COc2ccc(Br)cc2C)c1. The minimum Gasteiger partial charge on any atom is -0.483 e. The summed E-state index contributed by atoms with van der Waals surface area (Å²) in [6.07, 6.45) is 0. The van der Waals surface area contributed by atoms with Crippen molar-refractivity contribution < 1.29 is 14.3 Å². The number of hydrogen-bond donors (Lipinski definition) is 1. The molecular weight excluding hydrogens is 372 g/mol. The third kappa shape index (κ3) is 4.83. The highest BCUT2D eigenvalue weighted by Crippen LogP contribution is 2.22. The fraction of sp³-hybridized carbons (Fsp3) is 0.222. The molecule has 6 heteroatoms. The lowest BCUT2D eigenvalue weighted by molar-refractivity contribution is -0.118. The molecule has 0 atom stereocenters. The fourth-order valence-corrected chi connectivity index (χ4v) is 2.56. The molecule has 5 nitrogen and oxygen atoms in total. The maximum atomic E-state index is 12.1. The molecule has 0 radical (unpaired) electrons. The van der Waals surface area contributed by atoms with Gasteiger partial charge >= 0.3 is 0 Å². The highest BCUT2D eigenvalue weighted by atomic mass is 79.9. The number of carbonyl (C=O) groups is 2. The van der Waals surface area contributed by atoms with Crippen LogP contribution in [0.25, 0.3) is 0 Å². The van der Waals surface area contributed by atoms with Crippen LogP contribution < -0.4 is 15.0 Å². The van der Waals surface area contributed by atoms with Crippen molar-refractivity contribution in [2.45, 2.75) is 13.8 Å². The topological polar surface area (TPSA) is 58.6 Å². The van der Waals surface area contributed by atoms with Crippen LogP contribution in [0.3, 0.4) is 0 Å². The van der Waals surface area contributed by atoms with Crippen LogP contribution in [0, 0.1) is 6.92 Å². The van der Waals surface area contributed by atoms with E-state index in [1.165, 1.54) is 11.8 Å². The Kier molecular flexibility index (Phi) is 5.98. The van der Waals surface area contributed by atoms with Gasteiger partial charge in [-0.2, -0.15) is 0 Å². The van der Waals surface area contributed by atoms with Gasteiger partial charge in [-0.1, -0.05) is 22.0 Å². The van der Waals surface area contributed by atoms with Crippen molar-refractivity contribution in [2.75, 3.05) is 23.9 Å². The zero-order valence-electron chi connectivity index (χ0n) is 13.8. The quantitative estimate of drug-likeness (QED) is 0.845. The zero-order chi connectivity index (χ0) is 17.7. The van der Waals surface area contributed by atoms with E-state index in [9.17, 15) is 9.59 Å². The second-order valence-corrected chi connectivity index (χ2v) is 6.29. The van der Waals surface area contributed by atoms with Crippen molar-refractivity contribution in [3.05, 3.63) is 52.5 Å². The summed E-state index contributed by atoms with van der Waals surface area (Å²) in [5, 5.41) is 2.77. The third-order valence-corrected chi connectivity index (χ3v) is 3.98. The van der Waals surface area contributed by atoms with Crippen LogP contribution in [0.4, 0.5) is 11.4 Å². The van der Waals surface area contributed by atoms with Crippen molar-refractivity contribution >= 4 is 39.1 Å². The van der Waals surface area contributed by atoms with E-state index in [4.69, 9.17) is 4.74 Å². The molecule has 2 aromatic carbocycles. The summed E-state index contributed by atoms with van der Waals surface area (Å²) < 4.78 is 6.51. The van der Waals surface area contributed by atoms with E-state index in [0.29, 0.717) is 17.1 Å². The van der Waals surface area contributed by atoms with Gasteiger partial charge in [0.05, 0.1) is 0 Å². The molecule has 0 aliphatic carbocycles. The summed E-state index contributed by atoms with van der Waals surface area (Å²) in [4.78, 5) is 25.0. The molecule has 0 aromatic heterocycles. The lowest BCUT2D eigenvalue weighted by atomic mass is 10.2. The molecule has 0 saturated carbocycles. The molecule has 0 saturated heterocycles. The predicted octanol–water partition coefficient (Wildman–Crippen LogP) is 3.76. The Hall–Kier alpha value is -2.34. The van der Waals surface area contributed by atoms with Gasteiger partial charge in [0.1, 0.15) is 5.75 Å². The van der Waals surface area contributed by atoms with Gasteiger partial charge < -0.3 is 15.0 Å². The smallest absolute Gasteiger partial charge is 0.262 e. The molecular formula is C18H19BrN2O3. The second kappa shape index (κ2) is 7.97. The van der Waals surface area contributed by atoms with Gasteiger partial charge in [0.2, 0.25) is 5.91 Å². The van der Waals surface area contributed by atoms with Gasteiger partial charge in [-0.15, -0.1) is 0 Å². The number of amides is 2. The fourth-order valence-electron chi connectivity index (χ4n) is 2.09. The molecule has 0 bridgehead atoms. The molecule has 1 N–H and O–H groups in total. The zero-order valence-corrected chi connectivity index (χ0v) is 15.4. The molecule has 24 heavy (non-hydrogen) atoms. The molecule has 0 fully saturated rings. The van der Waals surface area contributed by atoms with Crippen LogP contribution in [0.15, 0.2) is 46.9 Å². The number of halogens is 1. The highest BCUT2D eigenvalue weighted by molar-refractivity contribution is 9.10. The van der Waals surface area contributed by atoms with Gasteiger partial charge in [-0.05, 0) is 48.9 Å². The first kappa shape index (κ1) is 18.0. The van der Waals surface area contributed by atoms with Gasteiger partial charge in [0.15, 0.2) is 6.61 Å². The largest absolute Gasteiger partial charge is 0.483 e.